The molecule has 10 aromatic rings. The second kappa shape index (κ2) is 13.4. The molecule has 0 aliphatic heterocycles. The van der Waals surface area contributed by atoms with Crippen molar-refractivity contribution in [3.63, 3.8) is 0 Å². The molecule has 0 atom stereocenters. The van der Waals surface area contributed by atoms with Crippen molar-refractivity contribution in [3.8, 4) is 44.5 Å². The van der Waals surface area contributed by atoms with Gasteiger partial charge < -0.3 is 9.32 Å². The lowest BCUT2D eigenvalue weighted by Gasteiger charge is -2.30. The number of hydrogen-bond acceptors (Lipinski definition) is 2. The van der Waals surface area contributed by atoms with Gasteiger partial charge in [0.15, 0.2) is 0 Å². The maximum Gasteiger partial charge on any atom is 0.136 e. The Morgan fingerprint density at radius 3 is 1.57 bits per heavy atom. The zero-order valence-electron chi connectivity index (χ0n) is 29.6. The average Bonchev–Trinajstić information content (AvgIpc) is 3.62. The van der Waals surface area contributed by atoms with Crippen LogP contribution in [0.15, 0.2) is 217 Å². The molecule has 0 aliphatic carbocycles. The monoisotopic (exact) mass is 689 g/mol. The summed E-state index contributed by atoms with van der Waals surface area (Å²) in [6.07, 6.45) is 0. The number of para-hydroxylation sites is 1. The van der Waals surface area contributed by atoms with Crippen LogP contribution < -0.4 is 4.90 Å². The Bertz CT molecular complexity index is 2910. The number of fused-ring (bicyclic) bond motifs is 4. The Kier molecular flexibility index (Phi) is 7.85. The van der Waals surface area contributed by atoms with E-state index in [-0.39, 0.29) is 0 Å². The molecule has 9 aromatic carbocycles. The lowest BCUT2D eigenvalue weighted by molar-refractivity contribution is 0.669. The second-order valence-electron chi connectivity index (χ2n) is 13.7. The normalized spacial score (nSPS) is 11.3. The third kappa shape index (κ3) is 5.62. The lowest BCUT2D eigenvalue weighted by Crippen LogP contribution is -2.12. The molecule has 0 saturated heterocycles. The van der Waals surface area contributed by atoms with Crippen molar-refractivity contribution in [1.82, 2.24) is 0 Å². The van der Waals surface area contributed by atoms with E-state index in [0.29, 0.717) is 0 Å². The maximum atomic E-state index is 6.57. The van der Waals surface area contributed by atoms with E-state index in [0.717, 1.165) is 61.3 Å². The van der Waals surface area contributed by atoms with E-state index in [4.69, 9.17) is 4.42 Å². The van der Waals surface area contributed by atoms with E-state index >= 15 is 0 Å². The molecule has 0 radical (unpaired) electrons. The van der Waals surface area contributed by atoms with Crippen molar-refractivity contribution >= 4 is 49.8 Å². The Hall–Kier alpha value is -7.16. The molecule has 0 bridgehead atoms. The minimum atomic E-state index is 0.878. The van der Waals surface area contributed by atoms with Crippen LogP contribution in [-0.2, 0) is 0 Å². The zero-order valence-corrected chi connectivity index (χ0v) is 29.6. The van der Waals surface area contributed by atoms with Gasteiger partial charge in [-0.05, 0) is 92.7 Å². The molecule has 10 rings (SSSR count). The first-order valence-corrected chi connectivity index (χ1v) is 18.4. The molecule has 1 heterocycles. The summed E-state index contributed by atoms with van der Waals surface area (Å²) in [7, 11) is 0. The number of rotatable bonds is 7. The van der Waals surface area contributed by atoms with Crippen LogP contribution in [0.2, 0.25) is 0 Å². The van der Waals surface area contributed by atoms with Gasteiger partial charge in [0.25, 0.3) is 0 Å². The van der Waals surface area contributed by atoms with Gasteiger partial charge in [-0.25, -0.2) is 0 Å². The molecular formula is C52H35NO. The SMILES string of the molecule is c1ccc(-c2ccc(N(c3ccc(-c4ccccc4)cc3-c3ccccc3)c3ccccc3-c3cccc4oc5cc6ccccc6cc5c34)cc2)cc1. The predicted molar refractivity (Wildman–Crippen MR) is 228 cm³/mol. The average molecular weight is 690 g/mol. The number of furan rings is 1. The molecule has 0 fully saturated rings. The topological polar surface area (TPSA) is 16.4 Å². The molecule has 2 nitrogen and oxygen atoms in total. The Balaban J connectivity index is 1.23. The van der Waals surface area contributed by atoms with Gasteiger partial charge in [0.05, 0.1) is 11.4 Å². The third-order valence-electron chi connectivity index (χ3n) is 10.5. The minimum Gasteiger partial charge on any atom is -0.456 e. The molecule has 1 aromatic heterocycles. The standard InChI is InChI=1S/C52H35NO/c1-4-15-36(16-5-1)38-27-30-43(31-28-38)53(49-32-29-42(37-17-6-2-7-18-37)33-46(49)39-19-8-3-9-20-39)48-25-13-12-23-44(48)45-24-14-26-50-52(45)47-34-40-21-10-11-22-41(40)35-51(47)54-50/h1-35H. The van der Waals surface area contributed by atoms with E-state index in [9.17, 15) is 0 Å². The van der Waals surface area contributed by atoms with Gasteiger partial charge in [-0.2, -0.15) is 0 Å². The quantitative estimate of drug-likeness (QED) is 0.166. The van der Waals surface area contributed by atoms with E-state index in [1.54, 1.807) is 0 Å². The van der Waals surface area contributed by atoms with Gasteiger partial charge in [-0.15, -0.1) is 0 Å². The van der Waals surface area contributed by atoms with Crippen molar-refractivity contribution in [1.29, 1.82) is 0 Å². The summed E-state index contributed by atoms with van der Waals surface area (Å²) in [6, 6.07) is 75.9. The maximum absolute atomic E-state index is 6.57. The van der Waals surface area contributed by atoms with Gasteiger partial charge in [0, 0.05) is 27.6 Å². The number of benzene rings is 9. The van der Waals surface area contributed by atoms with E-state index in [2.05, 4.69) is 217 Å². The highest BCUT2D eigenvalue weighted by molar-refractivity contribution is 6.16. The van der Waals surface area contributed by atoms with Crippen LogP contribution in [0.3, 0.4) is 0 Å². The van der Waals surface area contributed by atoms with Gasteiger partial charge in [0.1, 0.15) is 11.2 Å². The first kappa shape index (κ1) is 31.6. The Morgan fingerprint density at radius 2 is 0.852 bits per heavy atom. The fourth-order valence-electron chi connectivity index (χ4n) is 7.86. The summed E-state index contributed by atoms with van der Waals surface area (Å²) in [5.74, 6) is 0. The lowest BCUT2D eigenvalue weighted by atomic mass is 9.94. The first-order chi connectivity index (χ1) is 26.8. The van der Waals surface area contributed by atoms with Crippen LogP contribution in [0.1, 0.15) is 0 Å². The van der Waals surface area contributed by atoms with Gasteiger partial charge in [-0.1, -0.05) is 164 Å². The number of anilines is 3. The molecule has 0 N–H and O–H groups in total. The van der Waals surface area contributed by atoms with Crippen molar-refractivity contribution in [3.05, 3.63) is 212 Å². The minimum absolute atomic E-state index is 0.878. The molecule has 0 spiro atoms. The molecule has 54 heavy (non-hydrogen) atoms. The van der Waals surface area contributed by atoms with Crippen LogP contribution in [0.5, 0.6) is 0 Å². The highest BCUT2D eigenvalue weighted by atomic mass is 16.3. The van der Waals surface area contributed by atoms with Crippen molar-refractivity contribution in [2.24, 2.45) is 0 Å². The molecule has 0 amide bonds. The summed E-state index contributed by atoms with van der Waals surface area (Å²) in [5, 5.41) is 4.60. The largest absolute Gasteiger partial charge is 0.456 e. The van der Waals surface area contributed by atoms with Crippen LogP contribution in [-0.4, -0.2) is 0 Å². The summed E-state index contributed by atoms with van der Waals surface area (Å²) < 4.78 is 6.57. The third-order valence-corrected chi connectivity index (χ3v) is 10.5. The van der Waals surface area contributed by atoms with Crippen LogP contribution in [0, 0.1) is 0 Å². The Labute approximate surface area is 314 Å². The molecule has 0 unspecified atom stereocenters. The molecule has 0 aliphatic rings. The van der Waals surface area contributed by atoms with Crippen LogP contribution in [0.25, 0.3) is 77.2 Å². The van der Waals surface area contributed by atoms with Crippen LogP contribution >= 0.6 is 0 Å². The van der Waals surface area contributed by atoms with E-state index in [1.807, 2.05) is 0 Å². The smallest absolute Gasteiger partial charge is 0.136 e. The number of nitrogens with zero attached hydrogens (tertiary/aromatic N) is 1. The van der Waals surface area contributed by atoms with Gasteiger partial charge >= 0.3 is 0 Å². The zero-order chi connectivity index (χ0) is 35.8. The van der Waals surface area contributed by atoms with Crippen molar-refractivity contribution < 1.29 is 4.42 Å². The highest BCUT2D eigenvalue weighted by Crippen LogP contribution is 2.48. The Morgan fingerprint density at radius 1 is 0.315 bits per heavy atom. The molecule has 2 heteroatoms. The summed E-state index contributed by atoms with van der Waals surface area (Å²) >= 11 is 0. The van der Waals surface area contributed by atoms with Crippen LogP contribution in [0.4, 0.5) is 17.1 Å². The van der Waals surface area contributed by atoms with Gasteiger partial charge in [-0.3, -0.25) is 0 Å². The second-order valence-corrected chi connectivity index (χ2v) is 13.7. The fourth-order valence-corrected chi connectivity index (χ4v) is 7.86. The highest BCUT2D eigenvalue weighted by Gasteiger charge is 2.23. The van der Waals surface area contributed by atoms with Crippen molar-refractivity contribution in [2.45, 2.75) is 0 Å². The molecule has 0 saturated carbocycles. The van der Waals surface area contributed by atoms with Crippen molar-refractivity contribution in [2.75, 3.05) is 4.90 Å². The number of hydrogen-bond donors (Lipinski definition) is 0. The summed E-state index contributed by atoms with van der Waals surface area (Å²) in [5.41, 5.74) is 14.3. The van der Waals surface area contributed by atoms with E-state index < -0.39 is 0 Å². The predicted octanol–water partition coefficient (Wildman–Crippen LogP) is 14.9. The van der Waals surface area contributed by atoms with E-state index in [1.165, 1.54) is 33.0 Å². The summed E-state index contributed by atoms with van der Waals surface area (Å²) in [4.78, 5) is 2.43. The van der Waals surface area contributed by atoms with Gasteiger partial charge in [0.2, 0.25) is 0 Å². The fraction of sp³-hybridized carbons (Fsp3) is 0. The first-order valence-electron chi connectivity index (χ1n) is 18.4. The molecule has 254 valence electrons. The summed E-state index contributed by atoms with van der Waals surface area (Å²) in [6.45, 7) is 0. The molecular weight excluding hydrogens is 655 g/mol.